The van der Waals surface area contributed by atoms with Gasteiger partial charge in [0.05, 0.1) is 21.7 Å². The van der Waals surface area contributed by atoms with E-state index >= 15 is 0 Å². The van der Waals surface area contributed by atoms with E-state index in [4.69, 9.17) is 9.97 Å². The van der Waals surface area contributed by atoms with Gasteiger partial charge in [-0.2, -0.15) is 0 Å². The minimum atomic E-state index is 0.361. The molecule has 0 radical (unpaired) electrons. The van der Waals surface area contributed by atoms with Crippen molar-refractivity contribution in [1.82, 2.24) is 9.97 Å². The quantitative estimate of drug-likeness (QED) is 0.178. The number of quaternary nitrogens is 1. The molecular weight excluding hydrogens is 518 g/mol. The van der Waals surface area contributed by atoms with Crippen LogP contribution in [-0.2, 0) is 0 Å². The molecule has 0 amide bonds. The Balaban J connectivity index is 1.38. The third-order valence-corrected chi connectivity index (χ3v) is 9.58. The van der Waals surface area contributed by atoms with Crippen molar-refractivity contribution in [2.45, 2.75) is 16.7 Å². The van der Waals surface area contributed by atoms with Gasteiger partial charge in [0.25, 0.3) is 0 Å². The van der Waals surface area contributed by atoms with Gasteiger partial charge in [0.2, 0.25) is 0 Å². The van der Waals surface area contributed by atoms with E-state index < -0.39 is 0 Å². The molecule has 1 aliphatic carbocycles. The van der Waals surface area contributed by atoms with Crippen LogP contribution in [0.2, 0.25) is 0 Å². The molecule has 1 aliphatic heterocycles. The van der Waals surface area contributed by atoms with Gasteiger partial charge < -0.3 is 5.32 Å². The number of allylic oxidation sites excluding steroid dienone is 3. The van der Waals surface area contributed by atoms with Crippen LogP contribution in [0.4, 0.5) is 5.69 Å². The van der Waals surface area contributed by atoms with Gasteiger partial charge in [0.15, 0.2) is 11.5 Å². The topological polar surface area (TPSA) is 42.4 Å². The summed E-state index contributed by atoms with van der Waals surface area (Å²) in [7, 11) is 0. The summed E-state index contributed by atoms with van der Waals surface area (Å²) >= 11 is 1.97. The average molecular weight is 547 g/mol. The van der Waals surface area contributed by atoms with Gasteiger partial charge in [-0.15, -0.1) is 0 Å². The first kappa shape index (κ1) is 24.3. The third kappa shape index (κ3) is 4.37. The highest BCUT2D eigenvalue weighted by molar-refractivity contribution is 8.00. The maximum Gasteiger partial charge on any atom is 0.161 e. The number of fused-ring (bicyclic) bond motifs is 5. The molecule has 0 saturated carbocycles. The van der Waals surface area contributed by atoms with E-state index in [2.05, 4.69) is 127 Å². The van der Waals surface area contributed by atoms with Crippen LogP contribution < -0.4 is 5.32 Å². The molecule has 2 heterocycles. The van der Waals surface area contributed by atoms with Crippen LogP contribution in [0.5, 0.6) is 0 Å². The molecule has 0 bridgehead atoms. The molecule has 41 heavy (non-hydrogen) atoms. The lowest BCUT2D eigenvalue weighted by atomic mass is 9.96. The Labute approximate surface area is 243 Å². The summed E-state index contributed by atoms with van der Waals surface area (Å²) in [5, 5.41) is 7.99. The first-order valence-corrected chi connectivity index (χ1v) is 15.0. The van der Waals surface area contributed by atoms with Gasteiger partial charge in [-0.1, -0.05) is 133 Å². The van der Waals surface area contributed by atoms with Gasteiger partial charge >= 0.3 is 0 Å². The Morgan fingerprint density at radius 1 is 0.683 bits per heavy atom. The summed E-state index contributed by atoms with van der Waals surface area (Å²) in [5.74, 6) is 1.24. The van der Waals surface area contributed by atoms with Crippen LogP contribution in [0, 0.1) is 5.92 Å². The predicted molar refractivity (Wildman–Crippen MR) is 171 cm³/mol. The molecule has 196 valence electrons. The van der Waals surface area contributed by atoms with Crippen molar-refractivity contribution in [1.29, 1.82) is 0 Å². The number of thioether (sulfide) groups is 1. The normalized spacial score (nSPS) is 17.8. The largest absolute Gasteiger partial charge is 0.301 e. The molecule has 2 atom stereocenters. The lowest BCUT2D eigenvalue weighted by Crippen LogP contribution is -2.83. The first-order valence-electron chi connectivity index (χ1n) is 14.2. The molecule has 2 aliphatic rings. The van der Waals surface area contributed by atoms with Crippen LogP contribution in [0.15, 0.2) is 138 Å². The molecule has 5 aromatic carbocycles. The van der Waals surface area contributed by atoms with Crippen LogP contribution in [0.25, 0.3) is 55.4 Å². The highest BCUT2D eigenvalue weighted by atomic mass is 32.2. The van der Waals surface area contributed by atoms with E-state index in [-0.39, 0.29) is 0 Å². The zero-order valence-corrected chi connectivity index (χ0v) is 23.3. The molecule has 6 aromatic rings. The number of nitrogens with two attached hydrogens (primary N) is 1. The smallest absolute Gasteiger partial charge is 0.161 e. The fraction of sp³-hybridized carbons (Fsp3) is 0.0811. The van der Waals surface area contributed by atoms with E-state index in [9.17, 15) is 0 Å². The molecule has 0 fully saturated rings. The van der Waals surface area contributed by atoms with Crippen LogP contribution in [-0.4, -0.2) is 15.3 Å². The molecule has 3 nitrogen and oxygen atoms in total. The number of hydrogen-bond donors (Lipinski definition) is 1. The van der Waals surface area contributed by atoms with E-state index in [1.807, 2.05) is 23.9 Å². The van der Waals surface area contributed by atoms with Crippen molar-refractivity contribution in [2.24, 2.45) is 5.92 Å². The maximum absolute atomic E-state index is 5.22. The number of benzene rings is 5. The summed E-state index contributed by atoms with van der Waals surface area (Å²) in [4.78, 5) is 11.7. The van der Waals surface area contributed by atoms with Crippen molar-refractivity contribution in [2.75, 3.05) is 0 Å². The molecule has 8 rings (SSSR count). The second-order valence-electron chi connectivity index (χ2n) is 10.7. The van der Waals surface area contributed by atoms with Crippen molar-refractivity contribution in [3.8, 4) is 33.9 Å². The van der Waals surface area contributed by atoms with E-state index in [1.165, 1.54) is 32.1 Å². The second-order valence-corrected chi connectivity index (χ2v) is 11.9. The minimum absolute atomic E-state index is 0.361. The molecule has 0 spiro atoms. The van der Waals surface area contributed by atoms with E-state index in [1.54, 1.807) is 0 Å². The van der Waals surface area contributed by atoms with Gasteiger partial charge in [-0.25, -0.2) is 9.97 Å². The maximum atomic E-state index is 5.22. The minimum Gasteiger partial charge on any atom is -0.301 e. The summed E-state index contributed by atoms with van der Waals surface area (Å²) < 4.78 is 0. The van der Waals surface area contributed by atoms with E-state index in [0.717, 1.165) is 40.3 Å². The average Bonchev–Trinajstić information content (AvgIpc) is 3.51. The Hall–Kier alpha value is -4.51. The Kier molecular flexibility index (Phi) is 6.02. The monoisotopic (exact) mass is 546 g/mol. The molecule has 4 heteroatoms. The summed E-state index contributed by atoms with van der Waals surface area (Å²) in [5.41, 5.74) is 6.48. The van der Waals surface area contributed by atoms with Crippen molar-refractivity contribution in [3.63, 3.8) is 0 Å². The van der Waals surface area contributed by atoms with Gasteiger partial charge in [0, 0.05) is 22.6 Å². The zero-order valence-electron chi connectivity index (χ0n) is 22.4. The Bertz CT molecular complexity index is 1920. The van der Waals surface area contributed by atoms with Crippen LogP contribution in [0.1, 0.15) is 6.42 Å². The number of rotatable bonds is 4. The molecular formula is C37H28N3S+. The SMILES string of the molecule is C1=CCC(C2[NH2+]c3c(c(-c4nc(-c5ccccc5)cc(-c5ccccc5)n4)cc4ccc5ccccc5c34)S2)C=C1. The first-order chi connectivity index (χ1) is 20.3. The molecule has 2 N–H and O–H groups in total. The highest BCUT2D eigenvalue weighted by Gasteiger charge is 2.37. The summed E-state index contributed by atoms with van der Waals surface area (Å²) in [6.07, 6.45) is 10.1. The molecule has 0 saturated heterocycles. The van der Waals surface area contributed by atoms with Crippen LogP contribution in [0.3, 0.4) is 0 Å². The predicted octanol–water partition coefficient (Wildman–Crippen LogP) is 8.54. The van der Waals surface area contributed by atoms with Crippen molar-refractivity contribution < 1.29 is 5.32 Å². The van der Waals surface area contributed by atoms with E-state index in [0.29, 0.717) is 11.3 Å². The molecule has 2 unspecified atom stereocenters. The highest BCUT2D eigenvalue weighted by Crippen LogP contribution is 2.47. The lowest BCUT2D eigenvalue weighted by molar-refractivity contribution is -0.587. The lowest BCUT2D eigenvalue weighted by Gasteiger charge is -2.16. The standard InChI is InChI=1S/C37H27N3S/c1-4-13-25(14-5-1)31-23-32(26-15-6-2-7-16-26)39-36(38-31)30-22-28-21-20-24-12-10-11-19-29(24)33(28)34-35(30)41-37(40-34)27-17-8-3-9-18-27/h1-17,19-23,27,37,40H,18H2/p+1. The van der Waals surface area contributed by atoms with Gasteiger partial charge in [-0.3, -0.25) is 0 Å². The fourth-order valence-corrected chi connectivity index (χ4v) is 7.54. The Morgan fingerprint density at radius 2 is 1.37 bits per heavy atom. The van der Waals surface area contributed by atoms with Gasteiger partial charge in [0.1, 0.15) is 5.37 Å². The Morgan fingerprint density at radius 3 is 2.07 bits per heavy atom. The fourth-order valence-electron chi connectivity index (χ4n) is 6.11. The third-order valence-electron chi connectivity index (χ3n) is 8.15. The number of nitrogens with zero attached hydrogens (tertiary/aromatic N) is 2. The second kappa shape index (κ2) is 10.2. The number of hydrogen-bond acceptors (Lipinski definition) is 3. The van der Waals surface area contributed by atoms with Crippen molar-refractivity contribution >= 4 is 39.0 Å². The number of aromatic nitrogens is 2. The van der Waals surface area contributed by atoms with Gasteiger partial charge in [-0.05, 0) is 34.7 Å². The van der Waals surface area contributed by atoms with Crippen LogP contribution >= 0.6 is 11.8 Å². The molecule has 1 aromatic heterocycles. The zero-order chi connectivity index (χ0) is 27.2. The van der Waals surface area contributed by atoms with Crippen molar-refractivity contribution in [3.05, 3.63) is 133 Å². The summed E-state index contributed by atoms with van der Waals surface area (Å²) in [6.45, 7) is 0. The summed E-state index contributed by atoms with van der Waals surface area (Å²) in [6, 6.07) is 38.5.